The molecule has 0 aliphatic rings. The Morgan fingerprint density at radius 1 is 0.833 bits per heavy atom. The zero-order valence-electron chi connectivity index (χ0n) is 12.3. The lowest BCUT2D eigenvalue weighted by molar-refractivity contribution is -0.0685. The second-order valence-electron chi connectivity index (χ2n) is 4.06. The van der Waals surface area contributed by atoms with Gasteiger partial charge in [-0.2, -0.15) is 0 Å². The molecule has 0 aromatic rings. The molecule has 0 saturated carbocycles. The lowest BCUT2D eigenvalue weighted by atomic mass is 10.2. The van der Waals surface area contributed by atoms with Crippen molar-refractivity contribution in [3.63, 3.8) is 0 Å². The molecule has 0 atom stereocenters. The summed E-state index contributed by atoms with van der Waals surface area (Å²) >= 11 is 0. The molecular formula is C14H28O4. The summed E-state index contributed by atoms with van der Waals surface area (Å²) in [6.45, 7) is 7.80. The van der Waals surface area contributed by atoms with Crippen LogP contribution in [0.1, 0.15) is 52.9 Å². The van der Waals surface area contributed by atoms with Crippen LogP contribution < -0.4 is 0 Å². The van der Waals surface area contributed by atoms with Gasteiger partial charge in [-0.05, 0) is 19.3 Å². The predicted octanol–water partition coefficient (Wildman–Crippen LogP) is 3.82. The van der Waals surface area contributed by atoms with Gasteiger partial charge >= 0.3 is 5.95 Å². The SMILES string of the molecule is CCCC/C(OCCC)=C(\OCCC)OCOC. The average molecular weight is 260 g/mol. The van der Waals surface area contributed by atoms with Gasteiger partial charge in [0.25, 0.3) is 0 Å². The van der Waals surface area contributed by atoms with Gasteiger partial charge in [0.2, 0.25) is 0 Å². The Kier molecular flexibility index (Phi) is 11.9. The summed E-state index contributed by atoms with van der Waals surface area (Å²) in [7, 11) is 1.59. The van der Waals surface area contributed by atoms with E-state index in [1.165, 1.54) is 0 Å². The van der Waals surface area contributed by atoms with Gasteiger partial charge in [-0.25, -0.2) is 0 Å². The summed E-state index contributed by atoms with van der Waals surface area (Å²) in [5, 5.41) is 0. The largest absolute Gasteiger partial charge is 0.491 e. The van der Waals surface area contributed by atoms with Crippen LogP contribution in [-0.4, -0.2) is 27.1 Å². The van der Waals surface area contributed by atoms with Crippen LogP contribution in [0.2, 0.25) is 0 Å². The molecule has 0 bridgehead atoms. The van der Waals surface area contributed by atoms with Crippen molar-refractivity contribution in [2.24, 2.45) is 0 Å². The van der Waals surface area contributed by atoms with E-state index in [0.717, 1.165) is 37.9 Å². The molecule has 0 amide bonds. The quantitative estimate of drug-likeness (QED) is 0.395. The van der Waals surface area contributed by atoms with Crippen molar-refractivity contribution in [3.8, 4) is 0 Å². The Bertz CT molecular complexity index is 172. The van der Waals surface area contributed by atoms with Crippen molar-refractivity contribution in [1.82, 2.24) is 0 Å². The van der Waals surface area contributed by atoms with Gasteiger partial charge in [0, 0.05) is 13.5 Å². The van der Waals surface area contributed by atoms with Gasteiger partial charge in [-0.3, -0.25) is 0 Å². The lowest BCUT2D eigenvalue weighted by Gasteiger charge is -2.16. The van der Waals surface area contributed by atoms with Crippen LogP contribution in [0, 0.1) is 0 Å². The van der Waals surface area contributed by atoms with Crippen LogP contribution in [0.3, 0.4) is 0 Å². The molecule has 0 aliphatic heterocycles. The van der Waals surface area contributed by atoms with Gasteiger partial charge in [-0.1, -0.05) is 27.2 Å². The number of allylic oxidation sites excluding steroid dienone is 1. The molecule has 0 fully saturated rings. The van der Waals surface area contributed by atoms with Gasteiger partial charge in [-0.15, -0.1) is 0 Å². The van der Waals surface area contributed by atoms with E-state index in [4.69, 9.17) is 18.9 Å². The van der Waals surface area contributed by atoms with E-state index in [-0.39, 0.29) is 6.79 Å². The highest BCUT2D eigenvalue weighted by molar-refractivity contribution is 4.95. The normalized spacial score (nSPS) is 12.0. The van der Waals surface area contributed by atoms with Crippen molar-refractivity contribution in [1.29, 1.82) is 0 Å². The molecule has 4 nitrogen and oxygen atoms in total. The summed E-state index contributed by atoms with van der Waals surface area (Å²) < 4.78 is 21.7. The van der Waals surface area contributed by atoms with Crippen molar-refractivity contribution in [3.05, 3.63) is 11.7 Å². The Balaban J connectivity index is 4.59. The van der Waals surface area contributed by atoms with Gasteiger partial charge in [0.1, 0.15) is 0 Å². The van der Waals surface area contributed by atoms with Crippen molar-refractivity contribution < 1.29 is 18.9 Å². The third-order valence-electron chi connectivity index (χ3n) is 2.21. The fourth-order valence-corrected chi connectivity index (χ4v) is 1.31. The molecule has 0 radical (unpaired) electrons. The molecule has 0 aromatic heterocycles. The van der Waals surface area contributed by atoms with E-state index in [0.29, 0.717) is 19.2 Å². The number of hydrogen-bond acceptors (Lipinski definition) is 4. The van der Waals surface area contributed by atoms with Gasteiger partial charge in [0.15, 0.2) is 12.6 Å². The molecule has 0 heterocycles. The average Bonchev–Trinajstić information content (AvgIpc) is 2.40. The molecule has 0 aliphatic carbocycles. The maximum atomic E-state index is 5.72. The fourth-order valence-electron chi connectivity index (χ4n) is 1.31. The van der Waals surface area contributed by atoms with Crippen molar-refractivity contribution in [2.75, 3.05) is 27.1 Å². The first kappa shape index (κ1) is 17.1. The number of hydrogen-bond donors (Lipinski definition) is 0. The second kappa shape index (κ2) is 12.6. The van der Waals surface area contributed by atoms with Crippen molar-refractivity contribution >= 4 is 0 Å². The molecule has 18 heavy (non-hydrogen) atoms. The van der Waals surface area contributed by atoms with Gasteiger partial charge in [0.05, 0.1) is 13.2 Å². The molecule has 0 N–H and O–H groups in total. The molecule has 0 unspecified atom stereocenters. The number of ether oxygens (including phenoxy) is 4. The Morgan fingerprint density at radius 3 is 2.06 bits per heavy atom. The molecule has 0 aromatic carbocycles. The molecule has 4 heteroatoms. The van der Waals surface area contributed by atoms with E-state index in [1.54, 1.807) is 7.11 Å². The minimum absolute atomic E-state index is 0.185. The van der Waals surface area contributed by atoms with Crippen LogP contribution in [-0.2, 0) is 18.9 Å². The Morgan fingerprint density at radius 2 is 1.50 bits per heavy atom. The minimum atomic E-state index is 0.185. The maximum Gasteiger partial charge on any atom is 0.321 e. The smallest absolute Gasteiger partial charge is 0.321 e. The Hall–Kier alpha value is -0.900. The second-order valence-corrected chi connectivity index (χ2v) is 4.06. The number of methoxy groups -OCH3 is 1. The Labute approximate surface area is 111 Å². The summed E-state index contributed by atoms with van der Waals surface area (Å²) in [6, 6.07) is 0. The first-order valence-corrected chi connectivity index (χ1v) is 6.90. The predicted molar refractivity (Wildman–Crippen MR) is 72.0 cm³/mol. The summed E-state index contributed by atoms with van der Waals surface area (Å²) in [5.74, 6) is 1.30. The molecule has 0 spiro atoms. The van der Waals surface area contributed by atoms with E-state index in [1.807, 2.05) is 0 Å². The van der Waals surface area contributed by atoms with Crippen LogP contribution >= 0.6 is 0 Å². The molecular weight excluding hydrogens is 232 g/mol. The lowest BCUT2D eigenvalue weighted by Crippen LogP contribution is -2.08. The highest BCUT2D eigenvalue weighted by Gasteiger charge is 2.11. The summed E-state index contributed by atoms with van der Waals surface area (Å²) in [5.41, 5.74) is 0. The molecule has 0 rings (SSSR count). The third kappa shape index (κ3) is 8.23. The standard InChI is InChI=1S/C14H28O4/c1-5-8-9-13(16-10-6-2)14(17-11-7-3)18-12-15-4/h5-12H2,1-4H3/b14-13-. The van der Waals surface area contributed by atoms with E-state index in [2.05, 4.69) is 20.8 Å². The first-order valence-electron chi connectivity index (χ1n) is 6.90. The minimum Gasteiger partial charge on any atom is -0.491 e. The zero-order valence-corrected chi connectivity index (χ0v) is 12.3. The van der Waals surface area contributed by atoms with Gasteiger partial charge < -0.3 is 18.9 Å². The van der Waals surface area contributed by atoms with Crippen LogP contribution in [0.5, 0.6) is 0 Å². The first-order chi connectivity index (χ1) is 8.79. The zero-order chi connectivity index (χ0) is 13.6. The van der Waals surface area contributed by atoms with E-state index >= 15 is 0 Å². The van der Waals surface area contributed by atoms with Crippen LogP contribution in [0.25, 0.3) is 0 Å². The monoisotopic (exact) mass is 260 g/mol. The maximum absolute atomic E-state index is 5.72. The fraction of sp³-hybridized carbons (Fsp3) is 0.857. The highest BCUT2D eigenvalue weighted by atomic mass is 16.7. The van der Waals surface area contributed by atoms with Crippen molar-refractivity contribution in [2.45, 2.75) is 52.9 Å². The topological polar surface area (TPSA) is 36.9 Å². The summed E-state index contributed by atoms with van der Waals surface area (Å²) in [4.78, 5) is 0. The number of rotatable bonds is 12. The highest BCUT2D eigenvalue weighted by Crippen LogP contribution is 2.17. The van der Waals surface area contributed by atoms with Crippen LogP contribution in [0.15, 0.2) is 11.7 Å². The third-order valence-corrected chi connectivity index (χ3v) is 2.21. The summed E-state index contributed by atoms with van der Waals surface area (Å²) in [6.07, 6.45) is 4.94. The van der Waals surface area contributed by atoms with Crippen LogP contribution in [0.4, 0.5) is 0 Å². The van der Waals surface area contributed by atoms with E-state index < -0.39 is 0 Å². The molecule has 0 saturated heterocycles. The number of unbranched alkanes of at least 4 members (excludes halogenated alkanes) is 1. The van der Waals surface area contributed by atoms with E-state index in [9.17, 15) is 0 Å². The molecule has 108 valence electrons.